The molecule has 1 aromatic rings. The summed E-state index contributed by atoms with van der Waals surface area (Å²) in [6.45, 7) is 1.95. The van der Waals surface area contributed by atoms with Crippen molar-refractivity contribution in [2.45, 2.75) is 32.2 Å². The minimum absolute atomic E-state index is 0.313. The Hall–Kier alpha value is -0.460. The predicted molar refractivity (Wildman–Crippen MR) is 92.6 cm³/mol. The summed E-state index contributed by atoms with van der Waals surface area (Å²) < 4.78 is 13.9. The summed E-state index contributed by atoms with van der Waals surface area (Å²) in [6, 6.07) is 4.06. The number of fused-ring (bicyclic) bond motifs is 1. The van der Waals surface area contributed by atoms with Crippen molar-refractivity contribution < 1.29 is 9.47 Å². The summed E-state index contributed by atoms with van der Waals surface area (Å²) >= 11 is 8.72. The monoisotopic (exact) mass is 419 g/mol. The Balaban J connectivity index is 1.56. The van der Waals surface area contributed by atoms with Crippen LogP contribution in [-0.4, -0.2) is 17.8 Å². The number of nitrogens with zero attached hydrogens (tertiary/aromatic N) is 1. The lowest BCUT2D eigenvalue weighted by Gasteiger charge is -2.20. The van der Waals surface area contributed by atoms with E-state index in [2.05, 4.69) is 34.7 Å². The first-order chi connectivity index (χ1) is 10.2. The van der Waals surface area contributed by atoms with Crippen LogP contribution in [0.3, 0.4) is 0 Å². The Labute approximate surface area is 144 Å². The van der Waals surface area contributed by atoms with Crippen LogP contribution in [0.15, 0.2) is 24.3 Å². The Kier molecular flexibility index (Phi) is 5.29. The molecule has 2 aliphatic rings. The summed E-state index contributed by atoms with van der Waals surface area (Å²) in [7, 11) is 0. The van der Waals surface area contributed by atoms with Gasteiger partial charge in [-0.2, -0.15) is 0 Å². The lowest BCUT2D eigenvalue weighted by Crippen LogP contribution is -2.17. The summed E-state index contributed by atoms with van der Waals surface area (Å²) in [5.41, 5.74) is 1.19. The Morgan fingerprint density at radius 3 is 2.86 bits per heavy atom. The van der Waals surface area contributed by atoms with Crippen molar-refractivity contribution in [2.24, 2.45) is 5.92 Å². The predicted octanol–water partition coefficient (Wildman–Crippen LogP) is 4.72. The molecule has 0 amide bonds. The van der Waals surface area contributed by atoms with Crippen molar-refractivity contribution in [3.63, 3.8) is 0 Å². The van der Waals surface area contributed by atoms with E-state index in [4.69, 9.17) is 21.3 Å². The molecule has 1 aliphatic carbocycles. The molecular weight excluding hydrogens is 401 g/mol. The first-order valence-corrected chi connectivity index (χ1v) is 8.79. The highest BCUT2D eigenvalue weighted by atomic mass is 127. The molecule has 3 rings (SSSR count). The van der Waals surface area contributed by atoms with Crippen molar-refractivity contribution in [3.05, 3.63) is 33.4 Å². The minimum Gasteiger partial charge on any atom is -0.454 e. The van der Waals surface area contributed by atoms with E-state index in [-0.39, 0.29) is 0 Å². The average Bonchev–Trinajstić information content (AvgIpc) is 2.94. The van der Waals surface area contributed by atoms with Crippen molar-refractivity contribution in [1.29, 1.82) is 0 Å². The molecule has 1 aliphatic heterocycles. The van der Waals surface area contributed by atoms with E-state index in [1.54, 1.807) is 0 Å². The Bertz CT molecular complexity index is 535. The molecule has 0 fully saturated rings. The van der Waals surface area contributed by atoms with Crippen LogP contribution in [0, 0.1) is 9.49 Å². The van der Waals surface area contributed by atoms with Crippen LogP contribution >= 0.6 is 34.4 Å². The maximum Gasteiger partial charge on any atom is 0.231 e. The van der Waals surface area contributed by atoms with Gasteiger partial charge in [-0.25, -0.2) is 4.42 Å². The van der Waals surface area contributed by atoms with Gasteiger partial charge in [0, 0.05) is 16.7 Å². The fraction of sp³-hybridized carbons (Fsp3) is 0.500. The van der Waals surface area contributed by atoms with Crippen molar-refractivity contribution in [1.82, 2.24) is 4.42 Å². The quantitative estimate of drug-likeness (QED) is 0.391. The number of rotatable bonds is 5. The van der Waals surface area contributed by atoms with Gasteiger partial charge < -0.3 is 9.47 Å². The normalized spacial score (nSPS) is 20.2. The second-order valence-corrected chi connectivity index (χ2v) is 7.19. The topological polar surface area (TPSA) is 21.7 Å². The third-order valence-electron chi connectivity index (χ3n) is 3.98. The molecule has 1 heterocycles. The number of benzene rings is 1. The molecule has 0 radical (unpaired) electrons. The van der Waals surface area contributed by atoms with Gasteiger partial charge in [0.25, 0.3) is 0 Å². The van der Waals surface area contributed by atoms with Gasteiger partial charge in [-0.1, -0.05) is 12.2 Å². The van der Waals surface area contributed by atoms with Gasteiger partial charge in [0.15, 0.2) is 11.5 Å². The van der Waals surface area contributed by atoms with E-state index in [0.717, 1.165) is 31.0 Å². The highest BCUT2D eigenvalue weighted by Crippen LogP contribution is 2.36. The van der Waals surface area contributed by atoms with E-state index in [1.165, 1.54) is 28.4 Å². The molecule has 3 nitrogen and oxygen atoms in total. The molecule has 1 unspecified atom stereocenters. The smallest absolute Gasteiger partial charge is 0.231 e. The summed E-state index contributed by atoms with van der Waals surface area (Å²) in [4.78, 5) is 0. The zero-order valence-corrected chi connectivity index (χ0v) is 14.8. The summed E-state index contributed by atoms with van der Waals surface area (Å²) in [5.74, 6) is 2.35. The van der Waals surface area contributed by atoms with E-state index < -0.39 is 0 Å². The molecule has 1 atom stereocenters. The number of halogens is 2. The molecule has 0 saturated heterocycles. The van der Waals surface area contributed by atoms with Crippen LogP contribution in [0.4, 0.5) is 0 Å². The molecule has 0 aromatic heterocycles. The van der Waals surface area contributed by atoms with Gasteiger partial charge >= 0.3 is 0 Å². The summed E-state index contributed by atoms with van der Waals surface area (Å²) in [5, 5.41) is 0. The third kappa shape index (κ3) is 4.05. The number of hydrogen-bond acceptors (Lipinski definition) is 3. The van der Waals surface area contributed by atoms with Crippen LogP contribution < -0.4 is 9.47 Å². The molecular formula is C16H19ClINO2. The highest BCUT2D eigenvalue weighted by molar-refractivity contribution is 14.1. The van der Waals surface area contributed by atoms with Crippen LogP contribution in [0.5, 0.6) is 11.5 Å². The van der Waals surface area contributed by atoms with Crippen LogP contribution in [0.25, 0.3) is 0 Å². The molecule has 114 valence electrons. The summed E-state index contributed by atoms with van der Waals surface area (Å²) in [6.07, 6.45) is 9.61. The second-order valence-electron chi connectivity index (χ2n) is 5.55. The number of hydrogen-bond donors (Lipinski definition) is 0. The van der Waals surface area contributed by atoms with E-state index in [1.807, 2.05) is 16.6 Å². The SMILES string of the molecule is ClN(CCC1C=CCCC1)Cc1cc2c(cc1I)OCO2. The molecule has 0 spiro atoms. The van der Waals surface area contributed by atoms with Gasteiger partial charge in [-0.15, -0.1) is 0 Å². The largest absolute Gasteiger partial charge is 0.454 e. The maximum atomic E-state index is 6.39. The molecule has 0 saturated carbocycles. The minimum atomic E-state index is 0.313. The zero-order valence-electron chi connectivity index (χ0n) is 11.9. The molecule has 0 bridgehead atoms. The highest BCUT2D eigenvalue weighted by Gasteiger charge is 2.18. The first-order valence-electron chi connectivity index (χ1n) is 7.38. The van der Waals surface area contributed by atoms with Crippen molar-refractivity contribution >= 4 is 34.4 Å². The number of allylic oxidation sites excluding steroid dienone is 2. The number of ether oxygens (including phenoxy) is 2. The van der Waals surface area contributed by atoms with E-state index >= 15 is 0 Å². The van der Waals surface area contributed by atoms with Crippen molar-refractivity contribution in [2.75, 3.05) is 13.3 Å². The first kappa shape index (κ1) is 15.4. The van der Waals surface area contributed by atoms with E-state index in [0.29, 0.717) is 12.7 Å². The fourth-order valence-electron chi connectivity index (χ4n) is 2.77. The maximum absolute atomic E-state index is 6.39. The zero-order chi connectivity index (χ0) is 14.7. The molecule has 5 heteroatoms. The van der Waals surface area contributed by atoms with Gasteiger partial charge in [0.1, 0.15) is 0 Å². The van der Waals surface area contributed by atoms with E-state index in [9.17, 15) is 0 Å². The third-order valence-corrected chi connectivity index (χ3v) is 5.27. The van der Waals surface area contributed by atoms with Crippen LogP contribution in [0.2, 0.25) is 0 Å². The average molecular weight is 420 g/mol. The molecule has 0 N–H and O–H groups in total. The Morgan fingerprint density at radius 2 is 2.10 bits per heavy atom. The lowest BCUT2D eigenvalue weighted by atomic mass is 9.93. The van der Waals surface area contributed by atoms with Crippen molar-refractivity contribution in [3.8, 4) is 11.5 Å². The van der Waals surface area contributed by atoms with Crippen LogP contribution in [-0.2, 0) is 6.54 Å². The van der Waals surface area contributed by atoms with Crippen LogP contribution in [0.1, 0.15) is 31.2 Å². The standard InChI is InChI=1S/C16H19ClINO2/c17-19(7-6-12-4-2-1-3-5-12)10-13-8-15-16(9-14(13)18)21-11-20-15/h2,4,8-9,12H,1,3,5-7,10-11H2. The fourth-order valence-corrected chi connectivity index (χ4v) is 3.61. The molecule has 21 heavy (non-hydrogen) atoms. The van der Waals surface area contributed by atoms with Gasteiger partial charge in [-0.3, -0.25) is 0 Å². The Morgan fingerprint density at radius 1 is 1.29 bits per heavy atom. The second kappa shape index (κ2) is 7.20. The van der Waals surface area contributed by atoms with Gasteiger partial charge in [0.2, 0.25) is 6.79 Å². The lowest BCUT2D eigenvalue weighted by molar-refractivity contribution is 0.174. The van der Waals surface area contributed by atoms with Gasteiger partial charge in [-0.05, 0) is 83.7 Å². The molecule has 1 aromatic carbocycles. The van der Waals surface area contributed by atoms with Gasteiger partial charge in [0.05, 0.1) is 0 Å².